The molecule has 0 fully saturated rings. The molecule has 2 N–H and O–H groups in total. The molecule has 6 heteroatoms. The number of aliphatic hydroxyl groups is 1. The minimum absolute atomic E-state index is 0.0140. The first-order chi connectivity index (χ1) is 9.43. The van der Waals surface area contributed by atoms with Gasteiger partial charge < -0.3 is 10.4 Å². The first-order valence-electron chi connectivity index (χ1n) is 6.54. The van der Waals surface area contributed by atoms with Gasteiger partial charge in [-0.05, 0) is 24.8 Å². The number of likely N-dealkylation sites (N-methyl/N-ethyl adjacent to an activating group) is 1. The molecular weight excluding hydrogens is 294 g/mol. The number of benzene rings is 1. The second-order valence-corrected chi connectivity index (χ2v) is 8.33. The zero-order valence-corrected chi connectivity index (χ0v) is 13.6. The van der Waals surface area contributed by atoms with Gasteiger partial charge in [0.25, 0.3) is 0 Å². The largest absolute Gasteiger partial charge is 0.394 e. The van der Waals surface area contributed by atoms with Gasteiger partial charge in [0.2, 0.25) is 0 Å². The van der Waals surface area contributed by atoms with Crippen molar-refractivity contribution in [2.75, 3.05) is 37.2 Å². The predicted octanol–water partition coefficient (Wildman–Crippen LogP) is 1.26. The molecule has 1 unspecified atom stereocenters. The molecule has 1 aromatic rings. The summed E-state index contributed by atoms with van der Waals surface area (Å²) in [6.45, 7) is 0.0140. The van der Waals surface area contributed by atoms with Gasteiger partial charge in [0.1, 0.15) is 9.84 Å². The number of hydrogen-bond donors (Lipinski definition) is 2. The molecule has 0 spiro atoms. The summed E-state index contributed by atoms with van der Waals surface area (Å²) in [6, 6.07) is 9.84. The molecule has 1 atom stereocenters. The van der Waals surface area contributed by atoms with Gasteiger partial charge in [0, 0.05) is 12.0 Å². The highest BCUT2D eigenvalue weighted by molar-refractivity contribution is 8.00. The molecule has 1 aromatic carbocycles. The second-order valence-electron chi connectivity index (χ2n) is 4.85. The van der Waals surface area contributed by atoms with E-state index in [1.807, 2.05) is 37.4 Å². The van der Waals surface area contributed by atoms with E-state index in [0.717, 1.165) is 17.7 Å². The third kappa shape index (κ3) is 5.44. The molecule has 0 heterocycles. The molecule has 0 bridgehead atoms. The fourth-order valence-corrected chi connectivity index (χ4v) is 4.36. The monoisotopic (exact) mass is 317 g/mol. The fraction of sp³-hybridized carbons (Fsp3) is 0.571. The Labute approximate surface area is 125 Å². The van der Waals surface area contributed by atoms with Crippen LogP contribution < -0.4 is 5.32 Å². The van der Waals surface area contributed by atoms with Gasteiger partial charge in [-0.1, -0.05) is 30.3 Å². The molecule has 0 aliphatic heterocycles. The number of thioether (sulfide) groups is 1. The van der Waals surface area contributed by atoms with Crippen LogP contribution in [0.15, 0.2) is 30.3 Å². The minimum Gasteiger partial charge on any atom is -0.394 e. The number of aliphatic hydroxyl groups excluding tert-OH is 1. The van der Waals surface area contributed by atoms with Crippen LogP contribution in [0.5, 0.6) is 0 Å². The van der Waals surface area contributed by atoms with E-state index in [9.17, 15) is 13.5 Å². The Bertz CT molecular complexity index is 484. The van der Waals surface area contributed by atoms with E-state index in [0.29, 0.717) is 5.75 Å². The van der Waals surface area contributed by atoms with E-state index in [1.165, 1.54) is 6.26 Å². The van der Waals surface area contributed by atoms with Crippen molar-refractivity contribution in [2.24, 2.45) is 0 Å². The van der Waals surface area contributed by atoms with E-state index in [-0.39, 0.29) is 12.4 Å². The lowest BCUT2D eigenvalue weighted by molar-refractivity contribution is 0.165. The highest BCUT2D eigenvalue weighted by Gasteiger charge is 2.28. The van der Waals surface area contributed by atoms with Crippen molar-refractivity contribution in [1.82, 2.24) is 5.32 Å². The first kappa shape index (κ1) is 17.5. The second kappa shape index (κ2) is 8.02. The van der Waals surface area contributed by atoms with Crippen LogP contribution in [-0.2, 0) is 15.4 Å². The molecule has 0 aromatic heterocycles. The van der Waals surface area contributed by atoms with Crippen LogP contribution >= 0.6 is 11.8 Å². The quantitative estimate of drug-likeness (QED) is 0.671. The highest BCUT2D eigenvalue weighted by atomic mass is 32.2. The van der Waals surface area contributed by atoms with Gasteiger partial charge in [0.15, 0.2) is 0 Å². The lowest BCUT2D eigenvalue weighted by Gasteiger charge is -2.32. The zero-order valence-electron chi connectivity index (χ0n) is 12.0. The smallest absolute Gasteiger partial charge is 0.148 e. The summed E-state index contributed by atoms with van der Waals surface area (Å²) in [7, 11) is -1.05. The van der Waals surface area contributed by atoms with E-state index in [4.69, 9.17) is 0 Å². The van der Waals surface area contributed by atoms with Crippen molar-refractivity contribution < 1.29 is 13.5 Å². The van der Waals surface area contributed by atoms with Gasteiger partial charge in [0.05, 0.1) is 17.9 Å². The third-order valence-electron chi connectivity index (χ3n) is 3.35. The van der Waals surface area contributed by atoms with Crippen molar-refractivity contribution in [3.8, 4) is 0 Å². The summed E-state index contributed by atoms with van der Waals surface area (Å²) >= 11 is 1.60. The van der Waals surface area contributed by atoms with Gasteiger partial charge in [-0.3, -0.25) is 0 Å². The molecular formula is C14H23NO3S2. The Kier molecular flexibility index (Phi) is 7.02. The normalized spacial score (nSPS) is 14.9. The van der Waals surface area contributed by atoms with Crippen LogP contribution in [0.2, 0.25) is 0 Å². The summed E-state index contributed by atoms with van der Waals surface area (Å²) in [5, 5.41) is 13.0. The Hall–Kier alpha value is -0.560. The van der Waals surface area contributed by atoms with E-state index >= 15 is 0 Å². The molecule has 0 radical (unpaired) electrons. The lowest BCUT2D eigenvalue weighted by Crippen LogP contribution is -2.44. The van der Waals surface area contributed by atoms with Crippen molar-refractivity contribution in [1.29, 1.82) is 0 Å². The third-order valence-corrected chi connectivity index (χ3v) is 5.54. The van der Waals surface area contributed by atoms with Crippen LogP contribution in [0, 0.1) is 0 Å². The maximum absolute atomic E-state index is 11.1. The number of rotatable bonds is 9. The van der Waals surface area contributed by atoms with Gasteiger partial charge in [-0.2, -0.15) is 11.8 Å². The van der Waals surface area contributed by atoms with Crippen molar-refractivity contribution in [2.45, 2.75) is 12.0 Å². The summed E-state index contributed by atoms with van der Waals surface area (Å²) < 4.78 is 22.1. The molecule has 4 nitrogen and oxygen atoms in total. The number of hydrogen-bond acceptors (Lipinski definition) is 5. The first-order valence-corrected chi connectivity index (χ1v) is 9.76. The predicted molar refractivity (Wildman–Crippen MR) is 85.9 cm³/mol. The van der Waals surface area contributed by atoms with Gasteiger partial charge in [-0.15, -0.1) is 0 Å². The Balaban J connectivity index is 2.56. The van der Waals surface area contributed by atoms with E-state index in [1.54, 1.807) is 11.8 Å². The SMILES string of the molecule is CNC(CO)(CCSCCS(C)(=O)=O)c1ccccc1. The molecule has 0 saturated heterocycles. The van der Waals surface area contributed by atoms with E-state index < -0.39 is 15.4 Å². The molecule has 0 saturated carbocycles. The summed E-state index contributed by atoms with van der Waals surface area (Å²) in [4.78, 5) is 0. The number of sulfone groups is 1. The van der Waals surface area contributed by atoms with Crippen LogP contribution in [0.3, 0.4) is 0 Å². The van der Waals surface area contributed by atoms with E-state index in [2.05, 4.69) is 5.32 Å². The highest BCUT2D eigenvalue weighted by Crippen LogP contribution is 2.26. The average Bonchev–Trinajstić information content (AvgIpc) is 2.43. The lowest BCUT2D eigenvalue weighted by atomic mass is 9.88. The van der Waals surface area contributed by atoms with Crippen molar-refractivity contribution in [3.63, 3.8) is 0 Å². The molecule has 114 valence electrons. The van der Waals surface area contributed by atoms with Crippen LogP contribution in [-0.4, -0.2) is 50.7 Å². The molecule has 1 rings (SSSR count). The number of nitrogens with one attached hydrogen (secondary N) is 1. The summed E-state index contributed by atoms with van der Waals surface area (Å²) in [6.07, 6.45) is 2.00. The van der Waals surface area contributed by atoms with Crippen LogP contribution in [0.25, 0.3) is 0 Å². The van der Waals surface area contributed by atoms with Crippen molar-refractivity contribution in [3.05, 3.63) is 35.9 Å². The summed E-state index contributed by atoms with van der Waals surface area (Å²) in [5.41, 5.74) is 0.591. The maximum Gasteiger partial charge on any atom is 0.148 e. The maximum atomic E-state index is 11.1. The van der Waals surface area contributed by atoms with Crippen molar-refractivity contribution >= 4 is 21.6 Å². The molecule has 20 heavy (non-hydrogen) atoms. The van der Waals surface area contributed by atoms with Crippen LogP contribution in [0.1, 0.15) is 12.0 Å². The Morgan fingerprint density at radius 2 is 1.90 bits per heavy atom. The minimum atomic E-state index is -2.89. The summed E-state index contributed by atoms with van der Waals surface area (Å²) in [5.74, 6) is 1.60. The zero-order chi connectivity index (χ0) is 15.1. The fourth-order valence-electron chi connectivity index (χ4n) is 1.98. The van der Waals surface area contributed by atoms with Gasteiger partial charge in [-0.25, -0.2) is 8.42 Å². The molecule has 0 aliphatic carbocycles. The average molecular weight is 317 g/mol. The Morgan fingerprint density at radius 3 is 2.40 bits per heavy atom. The molecule has 0 aliphatic rings. The molecule has 0 amide bonds. The Morgan fingerprint density at radius 1 is 1.25 bits per heavy atom. The van der Waals surface area contributed by atoms with Crippen LogP contribution in [0.4, 0.5) is 0 Å². The standard InChI is InChI=1S/C14H23NO3S2/c1-15-14(12-16,13-6-4-3-5-7-13)8-9-19-10-11-20(2,17)18/h3-7,15-16H,8-12H2,1-2H3. The van der Waals surface area contributed by atoms with Gasteiger partial charge >= 0.3 is 0 Å². The topological polar surface area (TPSA) is 66.4 Å².